The fourth-order valence-corrected chi connectivity index (χ4v) is 7.24. The molecule has 2 atom stereocenters. The Kier molecular flexibility index (Phi) is 13.3. The number of anilines is 1. The van der Waals surface area contributed by atoms with Gasteiger partial charge in [-0.2, -0.15) is 0 Å². The van der Waals surface area contributed by atoms with Crippen LogP contribution in [0.5, 0.6) is 0 Å². The molecular weight excluding hydrogens is 665 g/mol. The number of hydrogen-bond acceptors (Lipinski definition) is 8. The van der Waals surface area contributed by atoms with Gasteiger partial charge in [-0.15, -0.1) is 11.8 Å². The molecule has 9 nitrogen and oxygen atoms in total. The fraction of sp³-hybridized carbons (Fsp3) is 0.538. The van der Waals surface area contributed by atoms with E-state index in [0.717, 1.165) is 39.4 Å². The van der Waals surface area contributed by atoms with Crippen molar-refractivity contribution in [1.82, 2.24) is 20.1 Å². The summed E-state index contributed by atoms with van der Waals surface area (Å²) < 4.78 is 0.978. The smallest absolute Gasteiger partial charge is 0.257 e. The predicted molar refractivity (Wildman–Crippen MR) is 207 cm³/mol. The van der Waals surface area contributed by atoms with E-state index in [1.54, 1.807) is 18.0 Å². The summed E-state index contributed by atoms with van der Waals surface area (Å²) in [6.45, 7) is 21.9. The van der Waals surface area contributed by atoms with Crippen LogP contribution in [0.25, 0.3) is 0 Å². The highest BCUT2D eigenvalue weighted by atomic mass is 32.2. The number of amides is 3. The Bertz CT molecular complexity index is 1640. The third kappa shape index (κ3) is 10.6. The van der Waals surface area contributed by atoms with Crippen molar-refractivity contribution >= 4 is 46.0 Å². The molecule has 0 aliphatic carbocycles. The lowest BCUT2D eigenvalue weighted by Crippen LogP contribution is -2.51. The maximum atomic E-state index is 13.7. The number of nitrogens with two attached hydrogens (primary N) is 1. The lowest BCUT2D eigenvalue weighted by atomic mass is 9.81. The van der Waals surface area contributed by atoms with E-state index in [0.29, 0.717) is 60.7 Å². The Balaban J connectivity index is 1.29. The first kappa shape index (κ1) is 39.5. The highest BCUT2D eigenvalue weighted by molar-refractivity contribution is 8.00. The van der Waals surface area contributed by atoms with Crippen LogP contribution in [0.4, 0.5) is 5.13 Å². The number of carbonyl (C=O) groups is 3. The van der Waals surface area contributed by atoms with Crippen molar-refractivity contribution in [3.8, 4) is 0 Å². The van der Waals surface area contributed by atoms with Gasteiger partial charge >= 0.3 is 0 Å². The molecule has 1 unspecified atom stereocenters. The van der Waals surface area contributed by atoms with Crippen molar-refractivity contribution in [1.29, 1.82) is 0 Å². The molecule has 1 aliphatic rings. The first-order valence-corrected chi connectivity index (χ1v) is 19.4. The van der Waals surface area contributed by atoms with Crippen LogP contribution in [0.3, 0.4) is 0 Å². The van der Waals surface area contributed by atoms with Crippen molar-refractivity contribution in [3.63, 3.8) is 0 Å². The van der Waals surface area contributed by atoms with Crippen LogP contribution in [0, 0.1) is 24.7 Å². The highest BCUT2D eigenvalue weighted by Gasteiger charge is 2.29. The van der Waals surface area contributed by atoms with E-state index in [-0.39, 0.29) is 34.6 Å². The van der Waals surface area contributed by atoms with Crippen molar-refractivity contribution < 1.29 is 14.4 Å². The Labute approximate surface area is 307 Å². The fourth-order valence-electron chi connectivity index (χ4n) is 5.44. The predicted octanol–water partition coefficient (Wildman–Crippen LogP) is 7.27. The molecule has 0 bridgehead atoms. The molecule has 2 aromatic carbocycles. The van der Waals surface area contributed by atoms with Gasteiger partial charge in [0.25, 0.3) is 11.8 Å². The molecule has 3 aromatic rings. The zero-order chi connectivity index (χ0) is 36.8. The van der Waals surface area contributed by atoms with E-state index in [1.165, 1.54) is 11.3 Å². The molecule has 4 N–H and O–H groups in total. The third-order valence-electron chi connectivity index (χ3n) is 10.3. The van der Waals surface area contributed by atoms with Crippen molar-refractivity contribution in [2.75, 3.05) is 31.5 Å². The van der Waals surface area contributed by atoms with Crippen LogP contribution in [0.1, 0.15) is 104 Å². The molecule has 1 fully saturated rings. The summed E-state index contributed by atoms with van der Waals surface area (Å²) in [5.41, 5.74) is 11.7. The SMILES string of the molecule is Cc1cc(CSc2cnc(NC(=O)c3ccc(CNC(C)C(C)(C)C)cc3)s2)cc(C(=O)N2CCN(C(=O)CCC(C)(C)[C@H](C)N)CC2)c1C. The number of piperazine rings is 1. The first-order valence-electron chi connectivity index (χ1n) is 17.6. The van der Waals surface area contributed by atoms with Gasteiger partial charge in [0, 0.05) is 68.1 Å². The van der Waals surface area contributed by atoms with Crippen molar-refractivity contribution in [3.05, 3.63) is 76.0 Å². The van der Waals surface area contributed by atoms with Gasteiger partial charge in [0.05, 0.1) is 10.4 Å². The normalized spacial score (nSPS) is 15.2. The van der Waals surface area contributed by atoms with Gasteiger partial charge in [0.15, 0.2) is 5.13 Å². The van der Waals surface area contributed by atoms with Crippen LogP contribution in [-0.4, -0.2) is 70.8 Å². The number of carbonyl (C=O) groups excluding carboxylic acids is 3. The van der Waals surface area contributed by atoms with Gasteiger partial charge in [-0.05, 0) is 85.4 Å². The van der Waals surface area contributed by atoms with Gasteiger partial charge in [-0.3, -0.25) is 19.7 Å². The Morgan fingerprint density at radius 1 is 0.960 bits per heavy atom. The van der Waals surface area contributed by atoms with Gasteiger partial charge in [0.1, 0.15) is 0 Å². The third-order valence-corrected chi connectivity index (χ3v) is 12.5. The number of thiazole rings is 1. The van der Waals surface area contributed by atoms with Crippen molar-refractivity contribution in [2.24, 2.45) is 16.6 Å². The summed E-state index contributed by atoms with van der Waals surface area (Å²) in [5, 5.41) is 7.03. The molecule has 2 heterocycles. The lowest BCUT2D eigenvalue weighted by Gasteiger charge is -2.36. The van der Waals surface area contributed by atoms with Gasteiger partial charge in [0.2, 0.25) is 5.91 Å². The zero-order valence-corrected chi connectivity index (χ0v) is 32.9. The number of nitrogens with zero attached hydrogens (tertiary/aromatic N) is 3. The first-order chi connectivity index (χ1) is 23.4. The number of thioether (sulfide) groups is 1. The summed E-state index contributed by atoms with van der Waals surface area (Å²) >= 11 is 3.07. The zero-order valence-electron chi connectivity index (χ0n) is 31.3. The van der Waals surface area contributed by atoms with E-state index in [9.17, 15) is 14.4 Å². The number of aryl methyl sites for hydroxylation is 1. The summed E-state index contributed by atoms with van der Waals surface area (Å²) in [6.07, 6.45) is 2.99. The quantitative estimate of drug-likeness (QED) is 0.159. The van der Waals surface area contributed by atoms with E-state index >= 15 is 0 Å². The second-order valence-electron chi connectivity index (χ2n) is 15.4. The Morgan fingerprint density at radius 2 is 1.60 bits per heavy atom. The van der Waals surface area contributed by atoms with Crippen LogP contribution >= 0.6 is 23.1 Å². The molecule has 272 valence electrons. The molecule has 11 heteroatoms. The summed E-state index contributed by atoms with van der Waals surface area (Å²) in [7, 11) is 0. The molecule has 0 radical (unpaired) electrons. The average molecular weight is 721 g/mol. The van der Waals surface area contributed by atoms with Gasteiger partial charge in [-0.25, -0.2) is 4.98 Å². The monoisotopic (exact) mass is 720 g/mol. The highest BCUT2D eigenvalue weighted by Crippen LogP contribution is 2.32. The van der Waals surface area contributed by atoms with E-state index in [4.69, 9.17) is 5.73 Å². The summed E-state index contributed by atoms with van der Waals surface area (Å²) in [4.78, 5) is 47.7. The van der Waals surface area contributed by atoms with E-state index in [2.05, 4.69) is 63.2 Å². The molecule has 1 aromatic heterocycles. The molecule has 0 saturated carbocycles. The Morgan fingerprint density at radius 3 is 2.22 bits per heavy atom. The number of aromatic nitrogens is 1. The van der Waals surface area contributed by atoms with Gasteiger partial charge in [-0.1, -0.05) is 64.2 Å². The molecule has 0 spiro atoms. The second-order valence-corrected chi connectivity index (χ2v) is 17.7. The molecule has 50 heavy (non-hydrogen) atoms. The summed E-state index contributed by atoms with van der Waals surface area (Å²) in [5.74, 6) is 0.618. The maximum Gasteiger partial charge on any atom is 0.257 e. The summed E-state index contributed by atoms with van der Waals surface area (Å²) in [6, 6.07) is 12.2. The van der Waals surface area contributed by atoms with E-state index < -0.39 is 0 Å². The lowest BCUT2D eigenvalue weighted by molar-refractivity contribution is -0.133. The molecule has 4 rings (SSSR count). The topological polar surface area (TPSA) is 121 Å². The molecule has 1 saturated heterocycles. The van der Waals surface area contributed by atoms with Crippen LogP contribution in [-0.2, 0) is 17.1 Å². The van der Waals surface area contributed by atoms with E-state index in [1.807, 2.05) is 60.9 Å². The average Bonchev–Trinajstić information content (AvgIpc) is 3.53. The minimum Gasteiger partial charge on any atom is -0.339 e. The van der Waals surface area contributed by atoms with Crippen LogP contribution < -0.4 is 16.4 Å². The van der Waals surface area contributed by atoms with Crippen LogP contribution in [0.15, 0.2) is 46.8 Å². The molecule has 1 aliphatic heterocycles. The van der Waals surface area contributed by atoms with Crippen molar-refractivity contribution in [2.45, 2.75) is 104 Å². The number of nitrogens with one attached hydrogen (secondary N) is 2. The number of benzene rings is 2. The molecular formula is C39H56N6O3S2. The van der Waals surface area contributed by atoms with Crippen LogP contribution in [0.2, 0.25) is 0 Å². The Hall–Kier alpha value is -3.25. The minimum absolute atomic E-state index is 0.00851. The molecule has 3 amide bonds. The van der Waals surface area contributed by atoms with Gasteiger partial charge < -0.3 is 20.9 Å². The largest absolute Gasteiger partial charge is 0.339 e. The maximum absolute atomic E-state index is 13.7. The standard InChI is InChI=1S/C39H56N6O3S2/c1-25-20-30(21-32(26(25)2)36(48)45-18-16-44(17-19-45)33(46)14-15-39(8,9)27(3)40)24-49-34-23-42-37(50-34)43-35(47)31-12-10-29(11-13-31)22-41-28(4)38(5,6)7/h10-13,20-21,23,27-28,41H,14-19,22,24,40H2,1-9H3,(H,42,43,47)/t27-,28?/m0/s1. The number of hydrogen-bond donors (Lipinski definition) is 3. The minimum atomic E-state index is -0.189. The second kappa shape index (κ2) is 16.8. The number of rotatable bonds is 13.